The second-order valence-electron chi connectivity index (χ2n) is 3.52. The van der Waals surface area contributed by atoms with Crippen molar-refractivity contribution >= 4 is 29.9 Å². The quantitative estimate of drug-likeness (QED) is 0.715. The third-order valence-electron chi connectivity index (χ3n) is 1.50. The Morgan fingerprint density at radius 1 is 0.706 bits per heavy atom. The van der Waals surface area contributed by atoms with Gasteiger partial charge in [-0.2, -0.15) is 0 Å². The van der Waals surface area contributed by atoms with Crippen LogP contribution >= 0.6 is 0 Å². The molecule has 3 heteroatoms. The van der Waals surface area contributed by atoms with Crippen LogP contribution in [0.4, 0.5) is 0 Å². The summed E-state index contributed by atoms with van der Waals surface area (Å²) in [6.07, 6.45) is 7.92. The van der Waals surface area contributed by atoms with Crippen molar-refractivity contribution in [3.63, 3.8) is 0 Å². The molecule has 0 aliphatic carbocycles. The van der Waals surface area contributed by atoms with Crippen LogP contribution in [0.15, 0.2) is 0 Å². The molecule has 0 spiro atoms. The van der Waals surface area contributed by atoms with Gasteiger partial charge >= 0.3 is 0 Å². The molecule has 0 aliphatic rings. The van der Waals surface area contributed by atoms with Crippen LogP contribution in [0.5, 0.6) is 0 Å². The molecule has 0 aromatic heterocycles. The number of hydrogen-bond donors (Lipinski definition) is 1. The van der Waals surface area contributed by atoms with E-state index >= 15 is 0 Å². The molecule has 0 rings (SSSR count). The summed E-state index contributed by atoms with van der Waals surface area (Å²) in [4.78, 5) is 9.00. The molecule has 0 saturated heterocycles. The van der Waals surface area contributed by atoms with Gasteiger partial charge in [0.15, 0.2) is 0 Å². The predicted molar refractivity (Wildman–Crippen MR) is 80.8 cm³/mol. The molecule has 0 atom stereocenters. The van der Waals surface area contributed by atoms with Gasteiger partial charge < -0.3 is 5.11 Å². The summed E-state index contributed by atoms with van der Waals surface area (Å²) < 4.78 is 0. The van der Waals surface area contributed by atoms with Gasteiger partial charge in [-0.25, -0.2) is 0 Å². The normalized spacial score (nSPS) is 6.76. The third kappa shape index (κ3) is 310. The number of aliphatic carboxylic acids is 1. The summed E-state index contributed by atoms with van der Waals surface area (Å²) in [6.45, 7) is 14.2. The molecule has 0 aliphatic heterocycles. The van der Waals surface area contributed by atoms with Gasteiger partial charge in [-0.15, -0.1) is 0 Å². The van der Waals surface area contributed by atoms with Gasteiger partial charge in [0.2, 0.25) is 0 Å². The zero-order chi connectivity index (χ0) is 13.8. The molecule has 0 aromatic rings. The van der Waals surface area contributed by atoms with Crippen molar-refractivity contribution < 1.29 is 9.90 Å². The monoisotopic (exact) mass is 354 g/mol. The van der Waals surface area contributed by atoms with E-state index in [1.807, 2.05) is 0 Å². The van der Waals surface area contributed by atoms with Gasteiger partial charge in [-0.1, -0.05) is 80.1 Å². The maximum absolute atomic E-state index is 9.00. The third-order valence-corrected chi connectivity index (χ3v) is 1.50. The summed E-state index contributed by atoms with van der Waals surface area (Å²) in [5, 5.41) is 7.42. The number of carbonyl (C=O) groups is 1. The minimum absolute atomic E-state index is 0. The van der Waals surface area contributed by atoms with E-state index in [1.54, 1.807) is 0 Å². The number of unbranched alkanes of at least 4 members (excludes halogenated alkanes) is 3. The standard InChI is InChI=1S/3C4H10.C2H4O2.Sn/c3*1-3-4-2;1-2(3)4;/h3*3-4H2,1-2H3;1H3,(H,3,4);. The molecule has 1 N–H and O–H groups in total. The Bertz CT molecular complexity index is 76.7. The largest absolute Gasteiger partial charge is 0.481 e. The van der Waals surface area contributed by atoms with Crippen molar-refractivity contribution in [3.8, 4) is 0 Å². The van der Waals surface area contributed by atoms with Crippen molar-refractivity contribution in [2.24, 2.45) is 0 Å². The first-order valence-corrected chi connectivity index (χ1v) is 6.67. The molecule has 0 saturated carbocycles. The summed E-state index contributed by atoms with van der Waals surface area (Å²) in [5.41, 5.74) is 0. The first kappa shape index (κ1) is 30.4. The summed E-state index contributed by atoms with van der Waals surface area (Å²) in [6, 6.07) is 0. The number of rotatable bonds is 3. The Hall–Kier alpha value is 0.269. The Kier molecular flexibility index (Phi) is 78.9. The van der Waals surface area contributed by atoms with Crippen molar-refractivity contribution in [2.75, 3.05) is 0 Å². The maximum atomic E-state index is 9.00. The van der Waals surface area contributed by atoms with Gasteiger partial charge in [-0.05, 0) is 0 Å². The fourth-order valence-corrected chi connectivity index (χ4v) is 0. The minimum atomic E-state index is -0.833. The zero-order valence-corrected chi connectivity index (χ0v) is 16.0. The number of hydrogen-bond acceptors (Lipinski definition) is 1. The van der Waals surface area contributed by atoms with Gasteiger partial charge in [-0.3, -0.25) is 4.79 Å². The van der Waals surface area contributed by atoms with Gasteiger partial charge in [0, 0.05) is 30.8 Å². The second-order valence-corrected chi connectivity index (χ2v) is 3.52. The molecule has 0 fully saturated rings. The molecule has 0 unspecified atom stereocenters. The predicted octanol–water partition coefficient (Wildman–Crippen LogP) is 5.13. The van der Waals surface area contributed by atoms with Crippen molar-refractivity contribution in [3.05, 3.63) is 0 Å². The van der Waals surface area contributed by atoms with E-state index in [-0.39, 0.29) is 23.9 Å². The SMILES string of the molecule is CC(=O)O.CCCC.CCCC.CCCC.[Sn]. The van der Waals surface area contributed by atoms with E-state index < -0.39 is 5.97 Å². The van der Waals surface area contributed by atoms with Crippen molar-refractivity contribution in [2.45, 2.75) is 87.0 Å². The van der Waals surface area contributed by atoms with E-state index in [0.717, 1.165) is 6.92 Å². The number of carboxylic acids is 1. The molecule has 17 heavy (non-hydrogen) atoms. The zero-order valence-electron chi connectivity index (χ0n) is 13.1. The Labute approximate surface area is 127 Å². The minimum Gasteiger partial charge on any atom is -0.481 e. The van der Waals surface area contributed by atoms with Crippen LogP contribution in [0.3, 0.4) is 0 Å². The summed E-state index contributed by atoms with van der Waals surface area (Å²) in [5.74, 6) is -0.833. The van der Waals surface area contributed by atoms with Gasteiger partial charge in [0.1, 0.15) is 0 Å². The van der Waals surface area contributed by atoms with Gasteiger partial charge in [0.05, 0.1) is 0 Å². The Morgan fingerprint density at radius 2 is 0.765 bits per heavy atom. The molecule has 0 bridgehead atoms. The van der Waals surface area contributed by atoms with Crippen molar-refractivity contribution in [1.82, 2.24) is 0 Å². The molecule has 2 nitrogen and oxygen atoms in total. The van der Waals surface area contributed by atoms with Gasteiger partial charge in [0.25, 0.3) is 5.97 Å². The number of carboxylic acid groups (broad SMARTS) is 1. The summed E-state index contributed by atoms with van der Waals surface area (Å²) >= 11 is 0. The second kappa shape index (κ2) is 44.1. The first-order chi connectivity index (χ1) is 7.47. The fraction of sp³-hybridized carbons (Fsp3) is 0.929. The Balaban J connectivity index is -0.0000000369. The average Bonchev–Trinajstić information content (AvgIpc) is 2.28. The topological polar surface area (TPSA) is 37.3 Å². The van der Waals surface area contributed by atoms with Crippen LogP contribution in [-0.2, 0) is 4.79 Å². The molecule has 106 valence electrons. The van der Waals surface area contributed by atoms with Crippen LogP contribution in [0, 0.1) is 0 Å². The molecular weight excluding hydrogens is 319 g/mol. The van der Waals surface area contributed by atoms with Crippen LogP contribution in [0.2, 0.25) is 0 Å². The van der Waals surface area contributed by atoms with Crippen molar-refractivity contribution in [1.29, 1.82) is 0 Å². The molecular formula is C14H34O2Sn. The summed E-state index contributed by atoms with van der Waals surface area (Å²) in [7, 11) is 0. The van der Waals surface area contributed by atoms with Crippen LogP contribution in [-0.4, -0.2) is 35.0 Å². The Morgan fingerprint density at radius 3 is 0.765 bits per heavy atom. The molecule has 0 aromatic carbocycles. The van der Waals surface area contributed by atoms with Crippen LogP contribution in [0.25, 0.3) is 0 Å². The molecule has 0 amide bonds. The van der Waals surface area contributed by atoms with E-state index in [4.69, 9.17) is 9.90 Å². The molecule has 4 radical (unpaired) electrons. The molecule has 0 heterocycles. The maximum Gasteiger partial charge on any atom is 0.300 e. The van der Waals surface area contributed by atoms with E-state index in [2.05, 4.69) is 41.5 Å². The van der Waals surface area contributed by atoms with E-state index in [0.29, 0.717) is 0 Å². The van der Waals surface area contributed by atoms with E-state index in [9.17, 15) is 0 Å². The average molecular weight is 353 g/mol. The van der Waals surface area contributed by atoms with E-state index in [1.165, 1.54) is 38.5 Å². The van der Waals surface area contributed by atoms with Crippen LogP contribution < -0.4 is 0 Å². The fourth-order valence-electron chi connectivity index (χ4n) is 0. The first-order valence-electron chi connectivity index (χ1n) is 6.67. The smallest absolute Gasteiger partial charge is 0.300 e. The van der Waals surface area contributed by atoms with Crippen LogP contribution in [0.1, 0.15) is 87.0 Å².